The van der Waals surface area contributed by atoms with E-state index in [1.54, 1.807) is 44.7 Å². The molecule has 1 aliphatic heterocycles. The number of thiazole rings is 1. The van der Waals surface area contributed by atoms with Gasteiger partial charge in [0.1, 0.15) is 28.0 Å². The molecule has 200 valence electrons. The number of methoxy groups -OCH3 is 3. The van der Waals surface area contributed by atoms with Crippen molar-refractivity contribution < 1.29 is 19.0 Å². The Morgan fingerprint density at radius 2 is 1.97 bits per heavy atom. The number of aromatic nitrogens is 4. The van der Waals surface area contributed by atoms with Crippen molar-refractivity contribution in [3.8, 4) is 33.9 Å². The molecule has 4 aromatic rings. The van der Waals surface area contributed by atoms with E-state index in [0.29, 0.717) is 53.5 Å². The molecule has 3 aromatic heterocycles. The van der Waals surface area contributed by atoms with E-state index in [1.807, 2.05) is 22.2 Å². The Balaban J connectivity index is 1.68. The van der Waals surface area contributed by atoms with Gasteiger partial charge in [-0.1, -0.05) is 12.5 Å². The lowest BCUT2D eigenvalue weighted by Crippen LogP contribution is -2.37. The number of likely N-dealkylation sites (tertiary alicyclic amines) is 1. The average molecular weight is 545 g/mol. The molecule has 0 aliphatic carbocycles. The Morgan fingerprint density at radius 1 is 1.21 bits per heavy atom. The van der Waals surface area contributed by atoms with Gasteiger partial charge in [-0.25, -0.2) is 9.97 Å². The number of hydrogen-bond donors (Lipinski definition) is 1. The summed E-state index contributed by atoms with van der Waals surface area (Å²) in [4.78, 5) is 23.4. The molecule has 1 fully saturated rings. The predicted molar refractivity (Wildman–Crippen MR) is 150 cm³/mol. The standard InChI is InChI=1S/C28H28N6O4S/c1-5-24(35)33-15-18(12-19(33)16-36-2)34-26-22(28-30-8-9-39-28)14-31-27(29)25(26)23(32-34)7-6-17-10-20(37-3)13-21(11-17)38-4/h5,8-11,13-14,18-19H,1,12,15-16H2,2-4H3,(H2,29,31)/t18-,19+/m0/s1. The first-order chi connectivity index (χ1) is 19.0. The summed E-state index contributed by atoms with van der Waals surface area (Å²) in [6, 6.07) is 5.16. The highest BCUT2D eigenvalue weighted by atomic mass is 32.1. The van der Waals surface area contributed by atoms with Gasteiger partial charge in [0.25, 0.3) is 0 Å². The molecule has 11 heteroatoms. The number of anilines is 1. The van der Waals surface area contributed by atoms with E-state index >= 15 is 0 Å². The first kappa shape index (κ1) is 26.2. The quantitative estimate of drug-likeness (QED) is 0.277. The lowest BCUT2D eigenvalue weighted by atomic mass is 10.1. The first-order valence-corrected chi connectivity index (χ1v) is 13.1. The predicted octanol–water partition coefficient (Wildman–Crippen LogP) is 3.53. The Labute approximate surface area is 230 Å². The van der Waals surface area contributed by atoms with Gasteiger partial charge in [-0.15, -0.1) is 11.3 Å². The second kappa shape index (κ2) is 11.1. The zero-order chi connectivity index (χ0) is 27.5. The smallest absolute Gasteiger partial charge is 0.246 e. The molecule has 10 nitrogen and oxygen atoms in total. The monoisotopic (exact) mass is 544 g/mol. The molecule has 1 saturated heterocycles. The number of carbonyl (C=O) groups excluding carboxylic acids is 1. The minimum Gasteiger partial charge on any atom is -0.497 e. The third-order valence-electron chi connectivity index (χ3n) is 6.65. The van der Waals surface area contributed by atoms with Gasteiger partial charge in [0.2, 0.25) is 5.91 Å². The lowest BCUT2D eigenvalue weighted by Gasteiger charge is -2.22. The van der Waals surface area contributed by atoms with Gasteiger partial charge in [0, 0.05) is 43.1 Å². The van der Waals surface area contributed by atoms with Crippen LogP contribution in [0.1, 0.15) is 23.7 Å². The van der Waals surface area contributed by atoms with Crippen molar-refractivity contribution in [1.29, 1.82) is 0 Å². The van der Waals surface area contributed by atoms with Gasteiger partial charge in [-0.2, -0.15) is 5.10 Å². The van der Waals surface area contributed by atoms with E-state index < -0.39 is 0 Å². The van der Waals surface area contributed by atoms with Crippen LogP contribution in [-0.2, 0) is 9.53 Å². The molecule has 0 saturated carbocycles. The van der Waals surface area contributed by atoms with E-state index in [0.717, 1.165) is 16.1 Å². The molecule has 4 heterocycles. The van der Waals surface area contributed by atoms with E-state index in [-0.39, 0.29) is 18.0 Å². The third kappa shape index (κ3) is 5.04. The number of carbonyl (C=O) groups is 1. The van der Waals surface area contributed by atoms with Gasteiger partial charge in [-0.3, -0.25) is 9.48 Å². The maximum absolute atomic E-state index is 12.7. The summed E-state index contributed by atoms with van der Waals surface area (Å²) in [7, 11) is 4.81. The normalized spacial score (nSPS) is 16.6. The van der Waals surface area contributed by atoms with Crippen molar-refractivity contribution in [3.63, 3.8) is 0 Å². The van der Waals surface area contributed by atoms with E-state index in [4.69, 9.17) is 25.0 Å². The maximum atomic E-state index is 12.7. The highest BCUT2D eigenvalue weighted by Gasteiger charge is 2.37. The number of fused-ring (bicyclic) bond motifs is 1. The molecule has 1 amide bonds. The zero-order valence-electron chi connectivity index (χ0n) is 21.9. The minimum atomic E-state index is -0.149. The van der Waals surface area contributed by atoms with Gasteiger partial charge >= 0.3 is 0 Å². The van der Waals surface area contributed by atoms with Crippen LogP contribution in [0.5, 0.6) is 11.5 Å². The Hall–Kier alpha value is -4.40. The number of hydrogen-bond acceptors (Lipinski definition) is 9. The van der Waals surface area contributed by atoms with Gasteiger partial charge in [0.05, 0.1) is 49.4 Å². The van der Waals surface area contributed by atoms with Crippen LogP contribution in [-0.4, -0.2) is 71.1 Å². The Kier molecular flexibility index (Phi) is 7.49. The second-order valence-corrected chi connectivity index (χ2v) is 9.85. The summed E-state index contributed by atoms with van der Waals surface area (Å²) >= 11 is 1.50. The third-order valence-corrected chi connectivity index (χ3v) is 7.46. The van der Waals surface area contributed by atoms with Crippen LogP contribution in [0.15, 0.2) is 48.6 Å². The molecule has 5 rings (SSSR count). The SMILES string of the molecule is C=CC(=O)N1C[C@@H](n2nc(C#Cc3cc(OC)cc(OC)c3)c3c(N)ncc(-c4nccs4)c32)C[C@@H]1COC. The van der Waals surface area contributed by atoms with Crippen molar-refractivity contribution in [2.24, 2.45) is 0 Å². The van der Waals surface area contributed by atoms with Crippen LogP contribution in [0.3, 0.4) is 0 Å². The molecule has 1 aliphatic rings. The summed E-state index contributed by atoms with van der Waals surface area (Å²) in [6.45, 7) is 4.51. The summed E-state index contributed by atoms with van der Waals surface area (Å²) < 4.78 is 18.1. The highest BCUT2D eigenvalue weighted by molar-refractivity contribution is 7.13. The van der Waals surface area contributed by atoms with E-state index in [1.165, 1.54) is 17.4 Å². The number of ether oxygens (including phenoxy) is 3. The largest absolute Gasteiger partial charge is 0.497 e. The molecule has 2 atom stereocenters. The van der Waals surface area contributed by atoms with Crippen LogP contribution in [0.2, 0.25) is 0 Å². The number of nitrogens with zero attached hydrogens (tertiary/aromatic N) is 5. The average Bonchev–Trinajstić information content (AvgIpc) is 3.71. The molecule has 1 aromatic carbocycles. The molecule has 2 N–H and O–H groups in total. The summed E-state index contributed by atoms with van der Waals surface area (Å²) in [6.07, 6.45) is 5.43. The fourth-order valence-corrected chi connectivity index (χ4v) is 5.53. The van der Waals surface area contributed by atoms with Crippen LogP contribution >= 0.6 is 11.3 Å². The van der Waals surface area contributed by atoms with Crippen LogP contribution in [0, 0.1) is 11.8 Å². The Morgan fingerprint density at radius 3 is 2.62 bits per heavy atom. The van der Waals surface area contributed by atoms with Gasteiger partial charge in [-0.05, 0) is 30.6 Å². The molecule has 0 radical (unpaired) electrons. The lowest BCUT2D eigenvalue weighted by molar-refractivity contribution is -0.127. The summed E-state index contributed by atoms with van der Waals surface area (Å²) in [5.74, 6) is 7.79. The summed E-state index contributed by atoms with van der Waals surface area (Å²) in [5.41, 5.74) is 9.19. The number of pyridine rings is 1. The van der Waals surface area contributed by atoms with Gasteiger partial charge in [0.15, 0.2) is 0 Å². The molecule has 0 unspecified atom stereocenters. The fraction of sp³-hybridized carbons (Fsp3) is 0.286. The van der Waals surface area contributed by atoms with E-state index in [9.17, 15) is 4.79 Å². The second-order valence-electron chi connectivity index (χ2n) is 8.96. The molecular formula is C28H28N6O4S. The maximum Gasteiger partial charge on any atom is 0.246 e. The van der Waals surface area contributed by atoms with Gasteiger partial charge < -0.3 is 24.8 Å². The van der Waals surface area contributed by atoms with Crippen LogP contribution in [0.25, 0.3) is 21.5 Å². The van der Waals surface area contributed by atoms with Crippen LogP contribution in [0.4, 0.5) is 5.82 Å². The first-order valence-electron chi connectivity index (χ1n) is 12.2. The topological polar surface area (TPSA) is 118 Å². The number of nitrogens with two attached hydrogens (primary N) is 1. The fourth-order valence-electron chi connectivity index (χ4n) is 4.88. The Bertz CT molecular complexity index is 1560. The van der Waals surface area contributed by atoms with Crippen LogP contribution < -0.4 is 15.2 Å². The molecule has 39 heavy (non-hydrogen) atoms. The molecule has 0 bridgehead atoms. The van der Waals surface area contributed by atoms with Crippen molar-refractivity contribution in [2.45, 2.75) is 18.5 Å². The molecule has 0 spiro atoms. The number of nitrogen functional groups attached to an aromatic ring is 1. The minimum absolute atomic E-state index is 0.119. The van der Waals surface area contributed by atoms with Crippen molar-refractivity contribution >= 4 is 34.0 Å². The molecular weight excluding hydrogens is 516 g/mol. The zero-order valence-corrected chi connectivity index (χ0v) is 22.7. The highest BCUT2D eigenvalue weighted by Crippen LogP contribution is 2.38. The van der Waals surface area contributed by atoms with Crippen molar-refractivity contribution in [3.05, 3.63) is 59.9 Å². The number of rotatable bonds is 7. The van der Waals surface area contributed by atoms with Crippen molar-refractivity contribution in [1.82, 2.24) is 24.6 Å². The number of benzene rings is 1. The number of amides is 1. The summed E-state index contributed by atoms with van der Waals surface area (Å²) in [5, 5.41) is 8.29. The van der Waals surface area contributed by atoms with Crippen molar-refractivity contribution in [2.75, 3.05) is 40.2 Å². The van der Waals surface area contributed by atoms with E-state index in [2.05, 4.69) is 28.4 Å².